The number of ether oxygens (including phenoxy) is 3. The minimum absolute atomic E-state index is 0.183. The van der Waals surface area contributed by atoms with Crippen LogP contribution in [0.3, 0.4) is 0 Å². The summed E-state index contributed by atoms with van der Waals surface area (Å²) in [5.74, 6) is -1.76. The second kappa shape index (κ2) is 60.1. The Morgan fingerprint density at radius 1 is 0.432 bits per heavy atom. The van der Waals surface area contributed by atoms with Crippen LogP contribution in [0, 0.1) is 0 Å². The van der Waals surface area contributed by atoms with Crippen LogP contribution in [0.4, 0.5) is 0 Å². The quantitative estimate of drug-likeness (QED) is 0.0344. The number of hydrogen-bond acceptors (Lipinski definition) is 8. The van der Waals surface area contributed by atoms with Crippen LogP contribution in [-0.2, 0) is 33.4 Å². The molecule has 0 aromatic carbocycles. The zero-order valence-corrected chi connectivity index (χ0v) is 48.3. The molecule has 0 aromatic heterocycles. The Labute approximate surface area is 454 Å². The zero-order valence-electron chi connectivity index (χ0n) is 48.3. The number of carboxylic acids is 2. The highest BCUT2D eigenvalue weighted by atomic mass is 16.7. The molecule has 1 rings (SSSR count). The van der Waals surface area contributed by atoms with Crippen LogP contribution in [0.2, 0.25) is 0 Å². The van der Waals surface area contributed by atoms with E-state index < -0.39 is 18.2 Å². The van der Waals surface area contributed by atoms with Crippen molar-refractivity contribution in [2.75, 3.05) is 27.2 Å². The number of hydrogen-bond donors (Lipinski definition) is 2. The first kappa shape index (κ1) is 72.3. The lowest BCUT2D eigenvalue weighted by molar-refractivity contribution is -0.180. The van der Waals surface area contributed by atoms with Crippen molar-refractivity contribution in [3.05, 3.63) is 72.9 Å². The predicted molar refractivity (Wildman–Crippen MR) is 311 cm³/mol. The van der Waals surface area contributed by atoms with E-state index in [1.165, 1.54) is 128 Å². The van der Waals surface area contributed by atoms with Crippen LogP contribution in [0.25, 0.3) is 0 Å². The summed E-state index contributed by atoms with van der Waals surface area (Å²) in [5.41, 5.74) is 0. The van der Waals surface area contributed by atoms with Gasteiger partial charge in [-0.15, -0.1) is 0 Å². The Morgan fingerprint density at radius 3 is 1.12 bits per heavy atom. The van der Waals surface area contributed by atoms with Crippen molar-refractivity contribution in [1.29, 1.82) is 0 Å². The first-order chi connectivity index (χ1) is 36.0. The first-order valence-electron chi connectivity index (χ1n) is 30.0. The maximum atomic E-state index is 12.0. The average molecular weight is 1040 g/mol. The Hall–Kier alpha value is -3.76. The molecule has 0 unspecified atom stereocenters. The average Bonchev–Trinajstić information content (AvgIpc) is 3.83. The summed E-state index contributed by atoms with van der Waals surface area (Å²) in [5, 5.41) is 17.0. The Balaban J connectivity index is 0. The highest BCUT2D eigenvalue weighted by Crippen LogP contribution is 2.22. The lowest BCUT2D eigenvalue weighted by Gasteiger charge is -2.15. The van der Waals surface area contributed by atoms with Gasteiger partial charge in [-0.2, -0.15) is 0 Å². The maximum absolute atomic E-state index is 12.0. The van der Waals surface area contributed by atoms with Crippen LogP contribution in [0.5, 0.6) is 0 Å². The van der Waals surface area contributed by atoms with Gasteiger partial charge in [0.25, 0.3) is 0 Å². The van der Waals surface area contributed by atoms with Gasteiger partial charge in [0.15, 0.2) is 0 Å². The Bertz CT molecular complexity index is 1390. The van der Waals surface area contributed by atoms with Crippen LogP contribution in [0.1, 0.15) is 271 Å². The van der Waals surface area contributed by atoms with Gasteiger partial charge in [0, 0.05) is 32.2 Å². The molecule has 10 heteroatoms. The van der Waals surface area contributed by atoms with Crippen molar-refractivity contribution in [1.82, 2.24) is 4.90 Å². The summed E-state index contributed by atoms with van der Waals surface area (Å²) in [7, 11) is 3.84. The lowest BCUT2D eigenvalue weighted by Crippen LogP contribution is -2.24. The molecular formula is C64H113NO9. The minimum atomic E-state index is -0.671. The molecule has 1 aliphatic rings. The molecule has 1 aliphatic heterocycles. The summed E-state index contributed by atoms with van der Waals surface area (Å²) in [6.45, 7) is 7.60. The highest BCUT2D eigenvalue weighted by Gasteiger charge is 2.29. The molecule has 0 spiro atoms. The molecular weight excluding hydrogens is 927 g/mol. The third-order valence-electron chi connectivity index (χ3n) is 12.5. The van der Waals surface area contributed by atoms with Crippen molar-refractivity contribution >= 4 is 23.9 Å². The van der Waals surface area contributed by atoms with Crippen molar-refractivity contribution in [2.24, 2.45) is 0 Å². The predicted octanol–water partition coefficient (Wildman–Crippen LogP) is 18.1. The first-order valence-corrected chi connectivity index (χ1v) is 30.0. The van der Waals surface area contributed by atoms with Crippen molar-refractivity contribution in [2.45, 2.75) is 284 Å². The smallest absolute Gasteiger partial charge is 0.308 e. The molecule has 1 saturated heterocycles. The lowest BCUT2D eigenvalue weighted by atomic mass is 10.1. The SMILES string of the molecule is CCCCC/C=C\C/C=C\CCCCCCCC(=O)O.CCCCC/C=C\C/C=C\CCCCCCCC(=O)O.CCCCC/C=C\C/C=C\CCCCCCCC(=O)O[C@H]1CC[C@@H](COC(=O)CCN(C)C)O1. The fraction of sp³-hybridized carbons (Fsp3) is 0.750. The molecule has 0 amide bonds. The molecule has 0 saturated carbocycles. The van der Waals surface area contributed by atoms with Gasteiger partial charge in [-0.05, 0) is 136 Å². The van der Waals surface area contributed by atoms with Crippen molar-refractivity contribution in [3.8, 4) is 0 Å². The van der Waals surface area contributed by atoms with Crippen LogP contribution >= 0.6 is 0 Å². The molecule has 0 bridgehead atoms. The van der Waals surface area contributed by atoms with Gasteiger partial charge in [0.05, 0.1) is 12.5 Å². The van der Waals surface area contributed by atoms with E-state index in [0.29, 0.717) is 38.6 Å². The number of carbonyl (C=O) groups excluding carboxylic acids is 2. The van der Waals surface area contributed by atoms with E-state index >= 15 is 0 Å². The van der Waals surface area contributed by atoms with Gasteiger partial charge >= 0.3 is 23.9 Å². The van der Waals surface area contributed by atoms with Crippen molar-refractivity contribution < 1.29 is 43.6 Å². The molecule has 1 fully saturated rings. The number of nitrogens with zero attached hydrogens (tertiary/aromatic N) is 1. The summed E-state index contributed by atoms with van der Waals surface area (Å²) >= 11 is 0. The molecule has 10 nitrogen and oxygen atoms in total. The van der Waals surface area contributed by atoms with Crippen LogP contribution in [-0.4, -0.2) is 78.6 Å². The summed E-state index contributed by atoms with van der Waals surface area (Å²) < 4.78 is 16.4. The summed E-state index contributed by atoms with van der Waals surface area (Å²) in [6.07, 6.45) is 68.0. The third kappa shape index (κ3) is 62.5. The number of carbonyl (C=O) groups is 4. The Morgan fingerprint density at radius 2 is 0.770 bits per heavy atom. The zero-order chi connectivity index (χ0) is 54.6. The van der Waals surface area contributed by atoms with Crippen LogP contribution < -0.4 is 0 Å². The second-order valence-corrected chi connectivity index (χ2v) is 20.2. The molecule has 2 N–H and O–H groups in total. The number of aliphatic carboxylic acids is 2. The normalized spacial score (nSPS) is 14.7. The van der Waals surface area contributed by atoms with Gasteiger partial charge in [-0.1, -0.05) is 190 Å². The van der Waals surface area contributed by atoms with Crippen LogP contribution in [0.15, 0.2) is 72.9 Å². The Kier molecular flexibility index (Phi) is 58.7. The largest absolute Gasteiger partial charge is 0.481 e. The topological polar surface area (TPSA) is 140 Å². The maximum Gasteiger partial charge on any atom is 0.308 e. The van der Waals surface area contributed by atoms with Gasteiger partial charge in [-0.25, -0.2) is 0 Å². The fourth-order valence-corrected chi connectivity index (χ4v) is 7.92. The van der Waals surface area contributed by atoms with Crippen molar-refractivity contribution in [3.63, 3.8) is 0 Å². The number of rotatable bonds is 48. The van der Waals surface area contributed by atoms with Gasteiger partial charge < -0.3 is 29.3 Å². The van der Waals surface area contributed by atoms with E-state index in [2.05, 4.69) is 93.7 Å². The monoisotopic (exact) mass is 1040 g/mol. The van der Waals surface area contributed by atoms with Gasteiger partial charge in [0.2, 0.25) is 6.29 Å². The van der Waals surface area contributed by atoms with E-state index in [-0.39, 0.29) is 24.6 Å². The van der Waals surface area contributed by atoms with E-state index in [9.17, 15) is 19.2 Å². The molecule has 0 radical (unpaired) electrons. The molecule has 428 valence electrons. The number of allylic oxidation sites excluding steroid dienone is 12. The molecule has 74 heavy (non-hydrogen) atoms. The highest BCUT2D eigenvalue weighted by molar-refractivity contribution is 5.70. The van der Waals surface area contributed by atoms with Gasteiger partial charge in [-0.3, -0.25) is 19.2 Å². The van der Waals surface area contributed by atoms with E-state index in [0.717, 1.165) is 89.9 Å². The number of unbranched alkanes of at least 4 members (excludes halogenated alkanes) is 24. The molecule has 0 aromatic rings. The molecule has 2 atom stereocenters. The second-order valence-electron chi connectivity index (χ2n) is 20.2. The summed E-state index contributed by atoms with van der Waals surface area (Å²) in [6, 6.07) is 0. The number of esters is 2. The van der Waals surface area contributed by atoms with E-state index in [1.54, 1.807) is 0 Å². The fourth-order valence-electron chi connectivity index (χ4n) is 7.92. The number of carboxylic acid groups (broad SMARTS) is 2. The van der Waals surface area contributed by atoms with E-state index in [4.69, 9.17) is 24.4 Å². The van der Waals surface area contributed by atoms with E-state index in [1.807, 2.05) is 19.0 Å². The standard InChI is InChI=1S/C28H49NO5.2C18H32O2/c1-4-5-6-7-8-9-10-11-12-13-14-15-16-17-18-19-27(31)34-28-21-20-25(33-28)24-32-26(30)22-23-29(2)3;2*1-2-3-4-5-6-7-8-9-10-11-12-13-14-15-16-17-18(19)20/h8-9,11-12,25,28H,4-7,10,13-24H2,1-3H3;2*6-7,9-10H,2-5,8,11-17H2,1H3,(H,19,20)/b9-8-,12-11-;2*7-6-,10-9-/t25-,28-;;/m0../s1. The molecule has 0 aliphatic carbocycles. The minimum Gasteiger partial charge on any atom is -0.481 e. The molecule has 1 heterocycles. The third-order valence-corrected chi connectivity index (χ3v) is 12.5. The summed E-state index contributed by atoms with van der Waals surface area (Å²) in [4.78, 5) is 46.3. The van der Waals surface area contributed by atoms with Gasteiger partial charge in [0.1, 0.15) is 6.61 Å².